The second-order valence-corrected chi connectivity index (χ2v) is 4.77. The van der Waals surface area contributed by atoms with Gasteiger partial charge in [-0.3, -0.25) is 4.79 Å². The van der Waals surface area contributed by atoms with Crippen molar-refractivity contribution < 1.29 is 32.2 Å². The first kappa shape index (κ1) is 19.1. The quantitative estimate of drug-likeness (QED) is 0.575. The predicted octanol–water partition coefficient (Wildman–Crippen LogP) is 2.96. The average molecular weight is 368 g/mol. The summed E-state index contributed by atoms with van der Waals surface area (Å²) in [6, 6.07) is 10.0. The lowest BCUT2D eigenvalue weighted by atomic mass is 10.2. The summed E-state index contributed by atoms with van der Waals surface area (Å²) < 4.78 is 52.8. The summed E-state index contributed by atoms with van der Waals surface area (Å²) in [5.74, 6) is -1.47. The number of amides is 1. The normalized spacial score (nSPS) is 10.8. The molecule has 0 saturated carbocycles. The van der Waals surface area contributed by atoms with Gasteiger partial charge in [-0.15, -0.1) is 0 Å². The number of benzene rings is 2. The highest BCUT2D eigenvalue weighted by Gasteiger charge is 2.14. The minimum absolute atomic E-state index is 0.0768. The van der Waals surface area contributed by atoms with Gasteiger partial charge >= 0.3 is 6.61 Å². The van der Waals surface area contributed by atoms with Crippen molar-refractivity contribution in [2.24, 2.45) is 5.10 Å². The fourth-order valence-electron chi connectivity index (χ4n) is 1.92. The van der Waals surface area contributed by atoms with Crippen LogP contribution in [0.5, 0.6) is 17.2 Å². The highest BCUT2D eigenvalue weighted by Crippen LogP contribution is 2.31. The Hall–Kier alpha value is -3.23. The van der Waals surface area contributed by atoms with Gasteiger partial charge in [-0.05, 0) is 24.3 Å². The van der Waals surface area contributed by atoms with Crippen LogP contribution < -0.4 is 19.6 Å². The van der Waals surface area contributed by atoms with E-state index in [2.05, 4.69) is 15.3 Å². The molecule has 2 aromatic carbocycles. The lowest BCUT2D eigenvalue weighted by Crippen LogP contribution is -2.24. The van der Waals surface area contributed by atoms with Crippen molar-refractivity contribution >= 4 is 12.1 Å². The molecule has 0 radical (unpaired) electrons. The van der Waals surface area contributed by atoms with E-state index < -0.39 is 24.9 Å². The van der Waals surface area contributed by atoms with E-state index in [1.165, 1.54) is 37.4 Å². The average Bonchev–Trinajstić information content (AvgIpc) is 2.62. The van der Waals surface area contributed by atoms with Crippen molar-refractivity contribution in [2.75, 3.05) is 13.7 Å². The molecular weight excluding hydrogens is 353 g/mol. The van der Waals surface area contributed by atoms with Gasteiger partial charge in [0.15, 0.2) is 29.7 Å². The molecule has 0 aliphatic heterocycles. The molecule has 26 heavy (non-hydrogen) atoms. The van der Waals surface area contributed by atoms with Gasteiger partial charge in [0.1, 0.15) is 0 Å². The Morgan fingerprint density at radius 3 is 2.62 bits per heavy atom. The van der Waals surface area contributed by atoms with Gasteiger partial charge < -0.3 is 14.2 Å². The van der Waals surface area contributed by atoms with E-state index in [4.69, 9.17) is 9.47 Å². The third kappa shape index (κ3) is 5.40. The number of alkyl halides is 2. The van der Waals surface area contributed by atoms with Gasteiger partial charge in [-0.25, -0.2) is 9.82 Å². The van der Waals surface area contributed by atoms with E-state index in [1.54, 1.807) is 12.1 Å². The van der Waals surface area contributed by atoms with Crippen molar-refractivity contribution in [2.45, 2.75) is 6.61 Å². The lowest BCUT2D eigenvalue weighted by Gasteiger charge is -2.12. The van der Waals surface area contributed by atoms with E-state index in [9.17, 15) is 18.0 Å². The smallest absolute Gasteiger partial charge is 0.387 e. The number of hydrazone groups is 1. The molecule has 2 rings (SSSR count). The van der Waals surface area contributed by atoms with Crippen LogP contribution in [0.15, 0.2) is 47.6 Å². The number of rotatable bonds is 8. The molecule has 9 heteroatoms. The van der Waals surface area contributed by atoms with Gasteiger partial charge in [0.25, 0.3) is 5.91 Å². The fraction of sp³-hybridized carbons (Fsp3) is 0.176. The van der Waals surface area contributed by atoms with Crippen LogP contribution >= 0.6 is 0 Å². The fourth-order valence-corrected chi connectivity index (χ4v) is 1.92. The molecule has 138 valence electrons. The molecule has 1 N–H and O–H groups in total. The molecule has 2 aromatic rings. The second-order valence-electron chi connectivity index (χ2n) is 4.77. The molecule has 0 fully saturated rings. The van der Waals surface area contributed by atoms with E-state index in [0.29, 0.717) is 0 Å². The molecule has 6 nitrogen and oxygen atoms in total. The van der Waals surface area contributed by atoms with Crippen molar-refractivity contribution in [1.29, 1.82) is 0 Å². The Labute approximate surface area is 147 Å². The van der Waals surface area contributed by atoms with E-state index >= 15 is 0 Å². The highest BCUT2D eigenvalue weighted by molar-refractivity contribution is 5.86. The summed E-state index contributed by atoms with van der Waals surface area (Å²) in [6.45, 7) is -3.53. The predicted molar refractivity (Wildman–Crippen MR) is 87.3 cm³/mol. The maximum Gasteiger partial charge on any atom is 0.387 e. The number of halogens is 3. The number of carbonyl (C=O) groups is 1. The van der Waals surface area contributed by atoms with Gasteiger partial charge in [-0.1, -0.05) is 18.2 Å². The SMILES string of the molecule is COc1cccc(/C=N\NC(=O)COc2ccccc2F)c1OC(F)F. The number of hydrogen-bond donors (Lipinski definition) is 1. The molecule has 0 bridgehead atoms. The third-order valence-corrected chi connectivity index (χ3v) is 3.02. The first-order valence-corrected chi connectivity index (χ1v) is 7.32. The van der Waals surface area contributed by atoms with Crippen molar-refractivity contribution in [3.8, 4) is 17.2 Å². The minimum Gasteiger partial charge on any atom is -0.493 e. The topological polar surface area (TPSA) is 69.2 Å². The number of carbonyl (C=O) groups excluding carboxylic acids is 1. The summed E-state index contributed by atoms with van der Waals surface area (Å²) in [7, 11) is 1.30. The van der Waals surface area contributed by atoms with Crippen molar-refractivity contribution in [1.82, 2.24) is 5.43 Å². The standard InChI is InChI=1S/C17H15F3N2O4/c1-24-14-8-4-5-11(16(14)26-17(19)20)9-21-22-15(23)10-25-13-7-3-2-6-12(13)18/h2-9,17H,10H2,1H3,(H,22,23)/b21-9-. The molecule has 1 amide bonds. The number of nitrogens with zero attached hydrogens (tertiary/aromatic N) is 1. The monoisotopic (exact) mass is 368 g/mol. The number of para-hydroxylation sites is 2. The molecule has 0 heterocycles. The van der Waals surface area contributed by atoms with Crippen LogP contribution in [-0.4, -0.2) is 32.4 Å². The zero-order chi connectivity index (χ0) is 18.9. The number of nitrogens with one attached hydrogen (secondary N) is 1. The minimum atomic E-state index is -3.05. The van der Waals surface area contributed by atoms with Crippen LogP contribution in [0, 0.1) is 5.82 Å². The summed E-state index contributed by atoms with van der Waals surface area (Å²) in [5, 5.41) is 3.64. The largest absolute Gasteiger partial charge is 0.493 e. The van der Waals surface area contributed by atoms with E-state index in [0.717, 1.165) is 6.21 Å². The van der Waals surface area contributed by atoms with Crippen LogP contribution in [0.1, 0.15) is 5.56 Å². The Kier molecular flexibility index (Phi) is 6.84. The maximum absolute atomic E-state index is 13.4. The Balaban J connectivity index is 1.97. The van der Waals surface area contributed by atoms with Crippen LogP contribution in [0.2, 0.25) is 0 Å². The molecule has 0 unspecified atom stereocenters. The summed E-state index contributed by atoms with van der Waals surface area (Å²) in [5.41, 5.74) is 2.30. The van der Waals surface area contributed by atoms with Crippen molar-refractivity contribution in [3.05, 3.63) is 53.8 Å². The number of hydrogen-bond acceptors (Lipinski definition) is 5. The van der Waals surface area contributed by atoms with Crippen LogP contribution in [0.3, 0.4) is 0 Å². The summed E-state index contributed by atoms with van der Waals surface area (Å²) >= 11 is 0. The lowest BCUT2D eigenvalue weighted by molar-refractivity contribution is -0.123. The van der Waals surface area contributed by atoms with Crippen LogP contribution in [-0.2, 0) is 4.79 Å². The zero-order valence-corrected chi connectivity index (χ0v) is 13.6. The van der Waals surface area contributed by atoms with Gasteiger partial charge in [0.05, 0.1) is 13.3 Å². The van der Waals surface area contributed by atoms with Crippen molar-refractivity contribution in [3.63, 3.8) is 0 Å². The zero-order valence-electron chi connectivity index (χ0n) is 13.6. The third-order valence-electron chi connectivity index (χ3n) is 3.02. The molecule has 0 atom stereocenters. The Morgan fingerprint density at radius 1 is 1.19 bits per heavy atom. The Morgan fingerprint density at radius 2 is 1.92 bits per heavy atom. The van der Waals surface area contributed by atoms with Gasteiger partial charge in [0.2, 0.25) is 0 Å². The van der Waals surface area contributed by atoms with E-state index in [-0.39, 0.29) is 22.8 Å². The Bertz CT molecular complexity index is 784. The second kappa shape index (κ2) is 9.30. The molecule has 0 saturated heterocycles. The summed E-state index contributed by atoms with van der Waals surface area (Å²) in [4.78, 5) is 11.7. The molecule has 0 aliphatic carbocycles. The number of methoxy groups -OCH3 is 1. The summed E-state index contributed by atoms with van der Waals surface area (Å²) in [6.07, 6.45) is 1.11. The van der Waals surface area contributed by atoms with Crippen LogP contribution in [0.4, 0.5) is 13.2 Å². The van der Waals surface area contributed by atoms with Gasteiger partial charge in [0, 0.05) is 5.56 Å². The number of ether oxygens (including phenoxy) is 3. The van der Waals surface area contributed by atoms with Crippen LogP contribution in [0.25, 0.3) is 0 Å². The first-order valence-electron chi connectivity index (χ1n) is 7.32. The molecular formula is C17H15F3N2O4. The molecule has 0 spiro atoms. The molecule has 0 aliphatic rings. The first-order chi connectivity index (χ1) is 12.5. The molecule has 0 aromatic heterocycles. The maximum atomic E-state index is 13.4. The van der Waals surface area contributed by atoms with Gasteiger partial charge in [-0.2, -0.15) is 13.9 Å². The van der Waals surface area contributed by atoms with E-state index in [1.807, 2.05) is 0 Å². The highest BCUT2D eigenvalue weighted by atomic mass is 19.3.